The number of halogens is 1. The quantitative estimate of drug-likeness (QED) is 0.299. The summed E-state index contributed by atoms with van der Waals surface area (Å²) >= 11 is 0. The summed E-state index contributed by atoms with van der Waals surface area (Å²) in [5.74, 6) is 2.52. The lowest BCUT2D eigenvalue weighted by Crippen LogP contribution is -2.37. The van der Waals surface area contributed by atoms with Crippen molar-refractivity contribution in [2.24, 2.45) is 12.0 Å². The molecule has 8 nitrogen and oxygen atoms in total. The van der Waals surface area contributed by atoms with Crippen LogP contribution in [0.15, 0.2) is 47.7 Å². The van der Waals surface area contributed by atoms with Gasteiger partial charge in [0.2, 0.25) is 0 Å². The molecular weight excluding hydrogens is 467 g/mol. The summed E-state index contributed by atoms with van der Waals surface area (Å²) in [6.07, 6.45) is 3.76. The Kier molecular flexibility index (Phi) is 8.42. The van der Waals surface area contributed by atoms with Crippen molar-refractivity contribution in [2.45, 2.75) is 33.5 Å². The van der Waals surface area contributed by atoms with Gasteiger partial charge in [0.1, 0.15) is 5.82 Å². The van der Waals surface area contributed by atoms with E-state index in [9.17, 15) is 0 Å². The fourth-order valence-corrected chi connectivity index (χ4v) is 2.71. The van der Waals surface area contributed by atoms with E-state index in [0.717, 1.165) is 30.7 Å². The lowest BCUT2D eigenvalue weighted by molar-refractivity contribution is 0.680. The van der Waals surface area contributed by atoms with Crippen LogP contribution in [0.25, 0.3) is 0 Å². The number of hydrogen-bond acceptors (Lipinski definition) is 4. The number of benzene rings is 1. The Bertz CT molecular complexity index is 885. The zero-order chi connectivity index (χ0) is 19.1. The number of nitrogens with one attached hydrogen (secondary N) is 2. The first-order valence-electron chi connectivity index (χ1n) is 9.08. The third kappa shape index (κ3) is 5.78. The van der Waals surface area contributed by atoms with Gasteiger partial charge in [0.25, 0.3) is 0 Å². The first-order chi connectivity index (χ1) is 13.2. The summed E-state index contributed by atoms with van der Waals surface area (Å²) in [5, 5.41) is 19.2. The van der Waals surface area contributed by atoms with Crippen molar-refractivity contribution in [3.63, 3.8) is 0 Å². The topological polar surface area (TPSA) is 84.9 Å². The molecule has 1 aromatic carbocycles. The van der Waals surface area contributed by atoms with E-state index in [0.29, 0.717) is 13.1 Å². The maximum atomic E-state index is 4.73. The van der Waals surface area contributed by atoms with Gasteiger partial charge >= 0.3 is 0 Å². The van der Waals surface area contributed by atoms with E-state index in [2.05, 4.69) is 45.0 Å². The lowest BCUT2D eigenvalue weighted by Gasteiger charge is -2.12. The van der Waals surface area contributed by atoms with E-state index in [1.807, 2.05) is 47.6 Å². The molecule has 0 saturated heterocycles. The fourth-order valence-electron chi connectivity index (χ4n) is 2.71. The number of guanidine groups is 1. The van der Waals surface area contributed by atoms with Gasteiger partial charge in [-0.2, -0.15) is 5.10 Å². The molecule has 2 N–H and O–H groups in total. The van der Waals surface area contributed by atoms with E-state index in [1.165, 1.54) is 11.1 Å². The predicted molar refractivity (Wildman–Crippen MR) is 121 cm³/mol. The highest BCUT2D eigenvalue weighted by atomic mass is 127. The maximum absolute atomic E-state index is 4.73. The van der Waals surface area contributed by atoms with Crippen LogP contribution in [0.5, 0.6) is 0 Å². The fraction of sp³-hybridized carbons (Fsp3) is 0.368. The monoisotopic (exact) mass is 494 g/mol. The molecule has 2 heterocycles. The van der Waals surface area contributed by atoms with Crippen LogP contribution in [0.4, 0.5) is 0 Å². The molecule has 0 aliphatic heterocycles. The zero-order valence-corrected chi connectivity index (χ0v) is 18.8. The molecule has 0 unspecified atom stereocenters. The van der Waals surface area contributed by atoms with E-state index >= 15 is 0 Å². The van der Waals surface area contributed by atoms with E-state index in [-0.39, 0.29) is 24.0 Å². The van der Waals surface area contributed by atoms with Crippen molar-refractivity contribution >= 4 is 29.9 Å². The lowest BCUT2D eigenvalue weighted by atomic mass is 10.1. The minimum Gasteiger partial charge on any atom is -0.357 e. The smallest absolute Gasteiger partial charge is 0.191 e. The molecule has 0 radical (unpaired) electrons. The van der Waals surface area contributed by atoms with Crippen molar-refractivity contribution in [2.75, 3.05) is 6.54 Å². The number of hydrogen-bond donors (Lipinski definition) is 2. The molecule has 9 heteroatoms. The first kappa shape index (κ1) is 21.9. The molecule has 0 amide bonds. The summed E-state index contributed by atoms with van der Waals surface area (Å²) in [6.45, 7) is 6.67. The molecule has 0 atom stereocenters. The number of rotatable bonds is 7. The van der Waals surface area contributed by atoms with Crippen LogP contribution in [-0.4, -0.2) is 37.0 Å². The van der Waals surface area contributed by atoms with E-state index in [4.69, 9.17) is 4.99 Å². The Morgan fingerprint density at radius 3 is 2.54 bits per heavy atom. The molecule has 0 aliphatic carbocycles. The largest absolute Gasteiger partial charge is 0.357 e. The molecule has 150 valence electrons. The van der Waals surface area contributed by atoms with Crippen LogP contribution >= 0.6 is 24.0 Å². The third-order valence-electron chi connectivity index (χ3n) is 4.36. The second kappa shape index (κ2) is 10.8. The van der Waals surface area contributed by atoms with Crippen molar-refractivity contribution in [1.29, 1.82) is 0 Å². The zero-order valence-electron chi connectivity index (χ0n) is 16.5. The van der Waals surface area contributed by atoms with Crippen LogP contribution in [0.2, 0.25) is 0 Å². The highest BCUT2D eigenvalue weighted by Crippen LogP contribution is 2.11. The Morgan fingerprint density at radius 2 is 1.89 bits per heavy atom. The average Bonchev–Trinajstić information content (AvgIpc) is 3.30. The number of nitrogens with zero attached hydrogens (tertiary/aromatic N) is 6. The van der Waals surface area contributed by atoms with E-state index in [1.54, 1.807) is 6.20 Å². The van der Waals surface area contributed by atoms with Gasteiger partial charge in [0.05, 0.1) is 19.6 Å². The van der Waals surface area contributed by atoms with Crippen LogP contribution < -0.4 is 10.6 Å². The second-order valence-electron chi connectivity index (χ2n) is 6.24. The molecule has 28 heavy (non-hydrogen) atoms. The summed E-state index contributed by atoms with van der Waals surface area (Å²) in [5.41, 5.74) is 2.39. The summed E-state index contributed by atoms with van der Waals surface area (Å²) in [7, 11) is 1.96. The molecule has 2 aromatic heterocycles. The highest BCUT2D eigenvalue weighted by molar-refractivity contribution is 14.0. The molecule has 3 aromatic rings. The van der Waals surface area contributed by atoms with Gasteiger partial charge < -0.3 is 15.2 Å². The molecular formula is C19H27IN8. The van der Waals surface area contributed by atoms with Crippen molar-refractivity contribution < 1.29 is 0 Å². The summed E-state index contributed by atoms with van der Waals surface area (Å²) in [4.78, 5) is 4.73. The van der Waals surface area contributed by atoms with Gasteiger partial charge in [0.15, 0.2) is 11.8 Å². The third-order valence-corrected chi connectivity index (χ3v) is 4.36. The Balaban J connectivity index is 0.00000280. The first-order valence-corrected chi connectivity index (χ1v) is 9.08. The normalized spacial score (nSPS) is 11.2. The van der Waals surface area contributed by atoms with E-state index < -0.39 is 0 Å². The van der Waals surface area contributed by atoms with Crippen molar-refractivity contribution in [3.8, 4) is 0 Å². The number of aliphatic imine (C=N–C) groups is 1. The predicted octanol–water partition coefficient (Wildman–Crippen LogP) is 2.24. The van der Waals surface area contributed by atoms with Gasteiger partial charge in [0, 0.05) is 26.0 Å². The average molecular weight is 494 g/mol. The molecule has 0 fully saturated rings. The van der Waals surface area contributed by atoms with Gasteiger partial charge in [-0.3, -0.25) is 4.68 Å². The summed E-state index contributed by atoms with van der Waals surface area (Å²) < 4.78 is 3.89. The molecule has 0 saturated carbocycles. The van der Waals surface area contributed by atoms with Crippen LogP contribution in [0.3, 0.4) is 0 Å². The maximum Gasteiger partial charge on any atom is 0.191 e. The number of aryl methyl sites for hydroxylation is 1. The molecule has 3 rings (SSSR count). The molecule has 0 spiro atoms. The van der Waals surface area contributed by atoms with Gasteiger partial charge in [-0.05, 0) is 31.0 Å². The Hall–Kier alpha value is -2.43. The van der Waals surface area contributed by atoms with Gasteiger partial charge in [-0.15, -0.1) is 34.2 Å². The van der Waals surface area contributed by atoms with Crippen molar-refractivity contribution in [1.82, 2.24) is 35.2 Å². The minimum atomic E-state index is 0. The molecule has 0 bridgehead atoms. The van der Waals surface area contributed by atoms with Gasteiger partial charge in [-0.25, -0.2) is 4.99 Å². The highest BCUT2D eigenvalue weighted by Gasteiger charge is 2.07. The standard InChI is InChI=1S/C19H26N8.HI/c1-4-20-19(22-13-18-25-24-15(2)26(18)3)21-12-16-8-5-6-9-17(16)14-27-11-7-10-23-27;/h5-11H,4,12-14H2,1-3H3,(H2,20,21,22);1H. The van der Waals surface area contributed by atoms with Crippen LogP contribution in [-0.2, 0) is 26.7 Å². The Morgan fingerprint density at radius 1 is 1.11 bits per heavy atom. The van der Waals surface area contributed by atoms with Crippen LogP contribution in [0.1, 0.15) is 29.7 Å². The molecule has 0 aliphatic rings. The number of aromatic nitrogens is 5. The second-order valence-corrected chi connectivity index (χ2v) is 6.24. The SMILES string of the molecule is CCNC(=NCc1ccccc1Cn1cccn1)NCc1nnc(C)n1C.I. The Labute approximate surface area is 182 Å². The van der Waals surface area contributed by atoms with Crippen LogP contribution in [0, 0.1) is 6.92 Å². The summed E-state index contributed by atoms with van der Waals surface area (Å²) in [6, 6.07) is 10.3. The van der Waals surface area contributed by atoms with Gasteiger partial charge in [-0.1, -0.05) is 24.3 Å². The van der Waals surface area contributed by atoms with Crippen molar-refractivity contribution in [3.05, 3.63) is 65.5 Å². The minimum absolute atomic E-state index is 0.